The summed E-state index contributed by atoms with van der Waals surface area (Å²) in [6.07, 6.45) is 0.111. The highest BCUT2D eigenvalue weighted by Crippen LogP contribution is 2.42. The maximum Gasteiger partial charge on any atom is 0.294 e. The zero-order valence-electron chi connectivity index (χ0n) is 12.6. The lowest BCUT2D eigenvalue weighted by atomic mass is 10.00. The van der Waals surface area contributed by atoms with E-state index in [1.807, 2.05) is 0 Å². The third-order valence-electron chi connectivity index (χ3n) is 3.82. The fourth-order valence-electron chi connectivity index (χ4n) is 2.70. The van der Waals surface area contributed by atoms with Gasteiger partial charge < -0.3 is 5.11 Å². The summed E-state index contributed by atoms with van der Waals surface area (Å²) in [5, 5.41) is 12.0. The van der Waals surface area contributed by atoms with Gasteiger partial charge in [-0.15, -0.1) is 11.3 Å². The molecule has 1 aliphatic heterocycles. The number of anilines is 1. The van der Waals surface area contributed by atoms with Crippen LogP contribution in [0.15, 0.2) is 47.0 Å². The number of rotatable bonds is 4. The number of aliphatic hydroxyl groups excluding tert-OH is 1. The molecule has 0 bridgehead atoms. The number of halogens is 2. The molecule has 24 heavy (non-hydrogen) atoms. The molecule has 124 valence electrons. The zero-order chi connectivity index (χ0) is 17.4. The van der Waals surface area contributed by atoms with Crippen molar-refractivity contribution in [3.8, 4) is 0 Å². The van der Waals surface area contributed by atoms with E-state index < -0.39 is 29.3 Å². The Hall–Kier alpha value is -2.54. The smallest absolute Gasteiger partial charge is 0.294 e. The van der Waals surface area contributed by atoms with Gasteiger partial charge in [0.25, 0.3) is 5.91 Å². The van der Waals surface area contributed by atoms with Crippen LogP contribution in [0.2, 0.25) is 0 Å². The Balaban J connectivity index is 2.16. The normalized spacial score (nSPS) is 17.7. The van der Waals surface area contributed by atoms with Crippen molar-refractivity contribution in [1.29, 1.82) is 0 Å². The van der Waals surface area contributed by atoms with Crippen LogP contribution in [0, 0.1) is 11.6 Å². The number of aliphatic hydroxyl groups is 1. The van der Waals surface area contributed by atoms with Crippen molar-refractivity contribution in [2.75, 3.05) is 4.90 Å². The standard InChI is InChI=1S/C17H13F2NO3S/c1-2-12(21)14-15(13-4-3-7-24-13)20(17(23)16(14)22)9-5-6-10(18)11(19)8-9/h3-8,15,22H,2H2,1H3. The van der Waals surface area contributed by atoms with Crippen molar-refractivity contribution < 1.29 is 23.5 Å². The molecule has 0 aliphatic carbocycles. The maximum absolute atomic E-state index is 13.6. The number of carbonyl (C=O) groups is 2. The van der Waals surface area contributed by atoms with Gasteiger partial charge >= 0.3 is 0 Å². The van der Waals surface area contributed by atoms with E-state index in [1.54, 1.807) is 24.4 Å². The van der Waals surface area contributed by atoms with Gasteiger partial charge in [0.1, 0.15) is 6.04 Å². The Kier molecular flexibility index (Phi) is 4.19. The number of hydrogen-bond donors (Lipinski definition) is 1. The van der Waals surface area contributed by atoms with E-state index in [-0.39, 0.29) is 23.5 Å². The van der Waals surface area contributed by atoms with Crippen LogP contribution >= 0.6 is 11.3 Å². The molecule has 0 spiro atoms. The highest BCUT2D eigenvalue weighted by Gasteiger charge is 2.44. The van der Waals surface area contributed by atoms with Crippen LogP contribution in [0.5, 0.6) is 0 Å². The van der Waals surface area contributed by atoms with Crippen LogP contribution in [0.25, 0.3) is 0 Å². The predicted octanol–water partition coefficient (Wildman–Crippen LogP) is 3.91. The fraction of sp³-hybridized carbons (Fsp3) is 0.176. The van der Waals surface area contributed by atoms with Crippen LogP contribution in [0.3, 0.4) is 0 Å². The van der Waals surface area contributed by atoms with E-state index >= 15 is 0 Å². The summed E-state index contributed by atoms with van der Waals surface area (Å²) in [7, 11) is 0. The average Bonchev–Trinajstić information content (AvgIpc) is 3.17. The van der Waals surface area contributed by atoms with Gasteiger partial charge in [-0.1, -0.05) is 13.0 Å². The van der Waals surface area contributed by atoms with E-state index in [0.29, 0.717) is 4.88 Å². The Morgan fingerprint density at radius 3 is 2.62 bits per heavy atom. The van der Waals surface area contributed by atoms with Gasteiger partial charge in [-0.25, -0.2) is 8.78 Å². The van der Waals surface area contributed by atoms with Crippen molar-refractivity contribution in [2.24, 2.45) is 0 Å². The first-order chi connectivity index (χ1) is 11.5. The summed E-state index contributed by atoms with van der Waals surface area (Å²) >= 11 is 1.30. The zero-order valence-corrected chi connectivity index (χ0v) is 13.4. The number of nitrogens with zero attached hydrogens (tertiary/aromatic N) is 1. The van der Waals surface area contributed by atoms with E-state index in [0.717, 1.165) is 17.0 Å². The minimum atomic E-state index is -1.11. The summed E-state index contributed by atoms with van der Waals surface area (Å²) < 4.78 is 26.8. The van der Waals surface area contributed by atoms with Gasteiger partial charge in [0, 0.05) is 23.1 Å². The molecular formula is C17H13F2NO3S. The molecule has 0 fully saturated rings. The SMILES string of the molecule is CCC(=O)C1=C(O)C(=O)N(c2ccc(F)c(F)c2)C1c1cccs1. The summed E-state index contributed by atoms with van der Waals surface area (Å²) in [4.78, 5) is 26.5. The highest BCUT2D eigenvalue weighted by molar-refractivity contribution is 7.10. The monoisotopic (exact) mass is 349 g/mol. The van der Waals surface area contributed by atoms with E-state index in [2.05, 4.69) is 0 Å². The third kappa shape index (κ3) is 2.50. The molecule has 1 atom stereocenters. The van der Waals surface area contributed by atoms with Crippen LogP contribution in [0.4, 0.5) is 14.5 Å². The minimum absolute atomic E-state index is 0.0188. The number of carbonyl (C=O) groups excluding carboxylic acids is 2. The molecule has 1 aliphatic rings. The number of Topliss-reactive ketones (excluding diaryl/α,β-unsaturated/α-hetero) is 1. The molecule has 7 heteroatoms. The molecular weight excluding hydrogens is 336 g/mol. The van der Waals surface area contributed by atoms with Gasteiger partial charge in [0.2, 0.25) is 0 Å². The lowest BCUT2D eigenvalue weighted by Gasteiger charge is -2.25. The second-order valence-electron chi connectivity index (χ2n) is 5.23. The summed E-state index contributed by atoms with van der Waals surface area (Å²) in [6.45, 7) is 1.62. The third-order valence-corrected chi connectivity index (χ3v) is 4.75. The van der Waals surface area contributed by atoms with E-state index in [1.165, 1.54) is 17.4 Å². The minimum Gasteiger partial charge on any atom is -0.503 e. The second-order valence-corrected chi connectivity index (χ2v) is 6.21. The molecule has 2 heterocycles. The van der Waals surface area contributed by atoms with Gasteiger partial charge in [-0.05, 0) is 23.6 Å². The van der Waals surface area contributed by atoms with Gasteiger partial charge in [0.05, 0.1) is 5.57 Å². The van der Waals surface area contributed by atoms with Gasteiger partial charge in [-0.2, -0.15) is 0 Å². The van der Waals surface area contributed by atoms with Crippen molar-refractivity contribution in [3.63, 3.8) is 0 Å². The Morgan fingerprint density at radius 1 is 1.29 bits per heavy atom. The van der Waals surface area contributed by atoms with Gasteiger partial charge in [-0.3, -0.25) is 14.5 Å². The average molecular weight is 349 g/mol. The maximum atomic E-state index is 13.6. The number of amides is 1. The van der Waals surface area contributed by atoms with Crippen LogP contribution in [-0.2, 0) is 9.59 Å². The van der Waals surface area contributed by atoms with E-state index in [9.17, 15) is 23.5 Å². The number of ketones is 1. The molecule has 1 aromatic heterocycles. The van der Waals surface area contributed by atoms with Gasteiger partial charge in [0.15, 0.2) is 23.2 Å². The Labute approximate surface area is 140 Å². The Morgan fingerprint density at radius 2 is 2.04 bits per heavy atom. The molecule has 0 saturated heterocycles. The molecule has 4 nitrogen and oxygen atoms in total. The largest absolute Gasteiger partial charge is 0.503 e. The summed E-state index contributed by atoms with van der Waals surface area (Å²) in [6, 6.07) is 5.63. The second kappa shape index (κ2) is 6.16. The molecule has 0 saturated carbocycles. The lowest BCUT2D eigenvalue weighted by molar-refractivity contribution is -0.118. The molecule has 1 amide bonds. The molecule has 1 N–H and O–H groups in total. The highest BCUT2D eigenvalue weighted by atomic mass is 32.1. The van der Waals surface area contributed by atoms with Crippen molar-refractivity contribution in [1.82, 2.24) is 0 Å². The van der Waals surface area contributed by atoms with Crippen LogP contribution in [-0.4, -0.2) is 16.8 Å². The first kappa shape index (κ1) is 16.3. The molecule has 3 rings (SSSR count). The van der Waals surface area contributed by atoms with Crippen molar-refractivity contribution in [2.45, 2.75) is 19.4 Å². The molecule has 1 aromatic carbocycles. The molecule has 1 unspecified atom stereocenters. The number of hydrogen-bond acceptors (Lipinski definition) is 4. The molecule has 0 radical (unpaired) electrons. The number of thiophene rings is 1. The van der Waals surface area contributed by atoms with Crippen molar-refractivity contribution in [3.05, 3.63) is 63.6 Å². The fourth-order valence-corrected chi connectivity index (χ4v) is 3.52. The Bertz CT molecular complexity index is 846. The predicted molar refractivity (Wildman–Crippen MR) is 85.9 cm³/mol. The lowest BCUT2D eigenvalue weighted by Crippen LogP contribution is -2.30. The first-order valence-electron chi connectivity index (χ1n) is 7.24. The topological polar surface area (TPSA) is 57.6 Å². The summed E-state index contributed by atoms with van der Waals surface area (Å²) in [5.74, 6) is -3.98. The molecule has 2 aromatic rings. The van der Waals surface area contributed by atoms with Crippen LogP contribution in [0.1, 0.15) is 24.3 Å². The van der Waals surface area contributed by atoms with E-state index in [4.69, 9.17) is 0 Å². The quantitative estimate of drug-likeness (QED) is 0.911. The number of benzene rings is 1. The van der Waals surface area contributed by atoms with Crippen LogP contribution < -0.4 is 4.90 Å². The first-order valence-corrected chi connectivity index (χ1v) is 8.12. The van der Waals surface area contributed by atoms with Crippen molar-refractivity contribution >= 4 is 28.7 Å². The summed E-state index contributed by atoms with van der Waals surface area (Å²) in [5.41, 5.74) is 0.0532.